The number of carbonyl (C=O) groups excluding carboxylic acids is 1. The minimum absolute atomic E-state index is 0.0141. The molecule has 0 aliphatic carbocycles. The molecule has 0 fully saturated rings. The Morgan fingerprint density at radius 1 is 1.33 bits per heavy atom. The van der Waals surface area contributed by atoms with Gasteiger partial charge in [0, 0.05) is 16.9 Å². The molecule has 0 radical (unpaired) electrons. The summed E-state index contributed by atoms with van der Waals surface area (Å²) in [5.41, 5.74) is 0.392. The fourth-order valence-electron chi connectivity index (χ4n) is 1.32. The van der Waals surface area contributed by atoms with Gasteiger partial charge in [-0.1, -0.05) is 20.8 Å². The van der Waals surface area contributed by atoms with Gasteiger partial charge in [-0.2, -0.15) is 0 Å². The number of ketones is 1. The Balaban J connectivity index is 3.12. The van der Waals surface area contributed by atoms with E-state index in [0.29, 0.717) is 16.4 Å². The smallest absolute Gasteiger partial charge is 0.283 e. The lowest BCUT2D eigenvalue weighted by atomic mass is 10.1. The number of thioether (sulfide) groups is 1. The number of nitrogens with zero attached hydrogens (tertiary/aromatic N) is 1. The minimum Gasteiger partial charge on any atom is -0.295 e. The van der Waals surface area contributed by atoms with E-state index in [9.17, 15) is 14.9 Å². The molecule has 0 aliphatic heterocycles. The number of hydrogen-bond acceptors (Lipinski definition) is 4. The van der Waals surface area contributed by atoms with Gasteiger partial charge >= 0.3 is 0 Å². The largest absolute Gasteiger partial charge is 0.295 e. The maximum atomic E-state index is 11.2. The van der Waals surface area contributed by atoms with E-state index < -0.39 is 4.92 Å². The fraction of sp³-hybridized carbons (Fsp3) is 0.462. The zero-order chi connectivity index (χ0) is 13.9. The lowest BCUT2D eigenvalue weighted by Crippen LogP contribution is -2.06. The molecule has 98 valence electrons. The van der Waals surface area contributed by atoms with Crippen molar-refractivity contribution in [1.29, 1.82) is 0 Å². The van der Waals surface area contributed by atoms with E-state index in [1.807, 2.05) is 6.92 Å². The van der Waals surface area contributed by atoms with Gasteiger partial charge in [-0.25, -0.2) is 0 Å². The molecule has 0 heterocycles. The van der Waals surface area contributed by atoms with Crippen LogP contribution in [-0.2, 0) is 0 Å². The monoisotopic (exact) mass is 267 g/mol. The number of hydrogen-bond donors (Lipinski definition) is 0. The van der Waals surface area contributed by atoms with Crippen molar-refractivity contribution in [2.24, 2.45) is 5.92 Å². The van der Waals surface area contributed by atoms with Crippen molar-refractivity contribution in [3.63, 3.8) is 0 Å². The molecule has 0 spiro atoms. The Labute approximate surface area is 111 Å². The molecule has 0 aliphatic rings. The van der Waals surface area contributed by atoms with Crippen LogP contribution in [0.15, 0.2) is 23.1 Å². The summed E-state index contributed by atoms with van der Waals surface area (Å²) in [6.07, 6.45) is 0. The number of nitro benzene ring substituents is 1. The van der Waals surface area contributed by atoms with E-state index in [2.05, 4.69) is 13.8 Å². The number of carbonyl (C=O) groups is 1. The Morgan fingerprint density at radius 3 is 2.39 bits per heavy atom. The van der Waals surface area contributed by atoms with E-state index >= 15 is 0 Å². The highest BCUT2D eigenvalue weighted by Crippen LogP contribution is 2.35. The molecule has 0 aromatic heterocycles. The van der Waals surface area contributed by atoms with Gasteiger partial charge in [-0.3, -0.25) is 14.9 Å². The molecular weight excluding hydrogens is 250 g/mol. The van der Waals surface area contributed by atoms with Crippen LogP contribution in [0.2, 0.25) is 0 Å². The van der Waals surface area contributed by atoms with Crippen molar-refractivity contribution >= 4 is 23.2 Å². The summed E-state index contributed by atoms with van der Waals surface area (Å²) in [4.78, 5) is 22.4. The van der Waals surface area contributed by atoms with Gasteiger partial charge in [0.15, 0.2) is 5.78 Å². The van der Waals surface area contributed by atoms with Crippen molar-refractivity contribution in [1.82, 2.24) is 0 Å². The van der Waals surface area contributed by atoms with Crippen LogP contribution >= 0.6 is 11.8 Å². The minimum atomic E-state index is -0.429. The van der Waals surface area contributed by atoms with Gasteiger partial charge in [0.2, 0.25) is 0 Å². The van der Waals surface area contributed by atoms with E-state index in [4.69, 9.17) is 0 Å². The summed E-state index contributed by atoms with van der Waals surface area (Å²) in [6, 6.07) is 4.67. The first-order valence-electron chi connectivity index (χ1n) is 5.79. The Hall–Kier alpha value is -1.36. The van der Waals surface area contributed by atoms with Crippen molar-refractivity contribution in [2.75, 3.05) is 0 Å². The molecule has 0 amide bonds. The first-order valence-corrected chi connectivity index (χ1v) is 6.67. The van der Waals surface area contributed by atoms with E-state index in [1.165, 1.54) is 24.8 Å². The average molecular weight is 267 g/mol. The first kappa shape index (κ1) is 14.7. The highest BCUT2D eigenvalue weighted by Gasteiger charge is 2.19. The summed E-state index contributed by atoms with van der Waals surface area (Å²) in [5, 5.41) is 11.3. The number of rotatable bonds is 5. The summed E-state index contributed by atoms with van der Waals surface area (Å²) < 4.78 is 0. The second kappa shape index (κ2) is 6.00. The predicted molar refractivity (Wildman–Crippen MR) is 73.3 cm³/mol. The highest BCUT2D eigenvalue weighted by molar-refractivity contribution is 8.00. The van der Waals surface area contributed by atoms with Crippen LogP contribution < -0.4 is 0 Å². The van der Waals surface area contributed by atoms with Gasteiger partial charge in [0.1, 0.15) is 0 Å². The van der Waals surface area contributed by atoms with Crippen LogP contribution in [0.5, 0.6) is 0 Å². The van der Waals surface area contributed by atoms with Gasteiger partial charge in [0.05, 0.1) is 9.82 Å². The maximum absolute atomic E-state index is 11.2. The third-order valence-corrected chi connectivity index (χ3v) is 4.33. The van der Waals surface area contributed by atoms with Crippen molar-refractivity contribution in [3.05, 3.63) is 33.9 Å². The summed E-state index contributed by atoms with van der Waals surface area (Å²) in [6.45, 7) is 7.60. The van der Waals surface area contributed by atoms with Crippen LogP contribution in [0.3, 0.4) is 0 Å². The average Bonchev–Trinajstić information content (AvgIpc) is 2.28. The standard InChI is InChI=1S/C13H17NO3S/c1-8(2)10(4)18-13-6-5-11(9(3)15)7-12(13)14(16)17/h5-8,10H,1-4H3. The Kier molecular flexibility index (Phi) is 4.90. The zero-order valence-corrected chi connectivity index (χ0v) is 11.8. The summed E-state index contributed by atoms with van der Waals surface area (Å²) in [5.74, 6) is 0.272. The zero-order valence-electron chi connectivity index (χ0n) is 11.0. The second-order valence-electron chi connectivity index (χ2n) is 4.56. The number of Topliss-reactive ketones (excluding diaryl/α,β-unsaturated/α-hetero) is 1. The maximum Gasteiger partial charge on any atom is 0.283 e. The molecule has 1 aromatic carbocycles. The van der Waals surface area contributed by atoms with Crippen molar-refractivity contribution in [3.8, 4) is 0 Å². The van der Waals surface area contributed by atoms with Crippen LogP contribution in [0, 0.1) is 16.0 Å². The number of nitro groups is 1. The van der Waals surface area contributed by atoms with Crippen LogP contribution in [-0.4, -0.2) is 16.0 Å². The topological polar surface area (TPSA) is 60.2 Å². The molecule has 1 rings (SSSR count). The quantitative estimate of drug-likeness (QED) is 0.351. The molecule has 5 heteroatoms. The van der Waals surface area contributed by atoms with Gasteiger partial charge in [-0.15, -0.1) is 11.8 Å². The van der Waals surface area contributed by atoms with Crippen molar-refractivity contribution < 1.29 is 9.72 Å². The van der Waals surface area contributed by atoms with Gasteiger partial charge < -0.3 is 0 Å². The highest BCUT2D eigenvalue weighted by atomic mass is 32.2. The lowest BCUT2D eigenvalue weighted by Gasteiger charge is -2.15. The van der Waals surface area contributed by atoms with Crippen LogP contribution in [0.1, 0.15) is 38.1 Å². The molecule has 1 aromatic rings. The summed E-state index contributed by atoms with van der Waals surface area (Å²) in [7, 11) is 0. The first-order chi connectivity index (χ1) is 8.32. The molecule has 4 nitrogen and oxygen atoms in total. The lowest BCUT2D eigenvalue weighted by molar-refractivity contribution is -0.387. The van der Waals surface area contributed by atoms with Crippen LogP contribution in [0.4, 0.5) is 5.69 Å². The fourth-order valence-corrected chi connectivity index (χ4v) is 2.39. The molecule has 0 saturated heterocycles. The Morgan fingerprint density at radius 2 is 1.94 bits per heavy atom. The molecule has 1 atom stereocenters. The van der Waals surface area contributed by atoms with Gasteiger partial charge in [-0.05, 0) is 25.0 Å². The van der Waals surface area contributed by atoms with Gasteiger partial charge in [0.25, 0.3) is 5.69 Å². The third kappa shape index (κ3) is 3.57. The molecule has 0 bridgehead atoms. The third-order valence-electron chi connectivity index (χ3n) is 2.81. The molecule has 0 N–H and O–H groups in total. The molecule has 0 saturated carbocycles. The van der Waals surface area contributed by atoms with E-state index in [-0.39, 0.29) is 16.7 Å². The second-order valence-corrected chi connectivity index (χ2v) is 5.98. The SMILES string of the molecule is CC(=O)c1ccc(SC(C)C(C)C)c([N+](=O)[O-])c1. The van der Waals surface area contributed by atoms with Crippen molar-refractivity contribution in [2.45, 2.75) is 37.8 Å². The molecular formula is C13H17NO3S. The number of benzene rings is 1. The van der Waals surface area contributed by atoms with E-state index in [1.54, 1.807) is 12.1 Å². The van der Waals surface area contributed by atoms with Crippen LogP contribution in [0.25, 0.3) is 0 Å². The predicted octanol–water partition coefficient (Wildman–Crippen LogP) is 3.93. The normalized spacial score (nSPS) is 12.5. The van der Waals surface area contributed by atoms with E-state index in [0.717, 1.165) is 0 Å². The summed E-state index contributed by atoms with van der Waals surface area (Å²) >= 11 is 1.47. The molecule has 1 unspecified atom stereocenters. The Bertz CT molecular complexity index is 471. The molecule has 18 heavy (non-hydrogen) atoms.